The molecule has 0 fully saturated rings. The molecule has 0 saturated carbocycles. The summed E-state index contributed by atoms with van der Waals surface area (Å²) in [4.78, 5) is 0. The lowest BCUT2D eigenvalue weighted by Crippen LogP contribution is -2.43. The molecule has 164 valence electrons. The van der Waals surface area contributed by atoms with Gasteiger partial charge >= 0.3 is 0 Å². The van der Waals surface area contributed by atoms with Crippen LogP contribution < -0.4 is 0 Å². The maximum Gasteiger partial charge on any atom is 0.178 e. The predicted octanol–water partition coefficient (Wildman–Crippen LogP) is 5.19. The molecule has 0 aromatic heterocycles. The highest BCUT2D eigenvalue weighted by molar-refractivity contribution is 5.68. The summed E-state index contributed by atoms with van der Waals surface area (Å²) in [6.45, 7) is 3.87. The van der Waals surface area contributed by atoms with Crippen LogP contribution in [0.1, 0.15) is 44.5 Å². The Balaban J connectivity index is 1.82. The van der Waals surface area contributed by atoms with Gasteiger partial charge < -0.3 is 10.2 Å². The lowest BCUT2D eigenvalue weighted by atomic mass is 9.65. The molecule has 1 aliphatic carbocycles. The van der Waals surface area contributed by atoms with Gasteiger partial charge in [-0.05, 0) is 49.2 Å². The summed E-state index contributed by atoms with van der Waals surface area (Å²) < 4.78 is 0. The monoisotopic (exact) mass is 440 g/mol. The van der Waals surface area contributed by atoms with Crippen molar-refractivity contribution >= 4 is 0 Å². The number of benzene rings is 4. The summed E-state index contributed by atoms with van der Waals surface area (Å²) in [5.41, 5.74) is 2.40. The smallest absolute Gasteiger partial charge is 0.178 e. The Labute approximate surface area is 200 Å². The molecule has 2 heteroatoms. The third-order valence-corrected chi connectivity index (χ3v) is 6.38. The maximum absolute atomic E-state index is 12.2. The fourth-order valence-electron chi connectivity index (χ4n) is 4.75. The molecule has 0 saturated heterocycles. The second-order valence-corrected chi connectivity index (χ2v) is 8.65. The molecular weight excluding hydrogens is 416 g/mol. The summed E-state index contributed by atoms with van der Waals surface area (Å²) in [7, 11) is 0. The summed E-state index contributed by atoms with van der Waals surface area (Å²) in [5, 5.41) is 24.5. The van der Waals surface area contributed by atoms with Crippen molar-refractivity contribution < 1.29 is 10.2 Å². The Morgan fingerprint density at radius 2 is 0.853 bits per heavy atom. The molecule has 0 aliphatic heterocycles. The molecule has 0 unspecified atom stereocenters. The van der Waals surface area contributed by atoms with Crippen molar-refractivity contribution in [2.75, 3.05) is 0 Å². The van der Waals surface area contributed by atoms with E-state index in [9.17, 15) is 10.2 Å². The average molecular weight is 441 g/mol. The zero-order valence-corrected chi connectivity index (χ0v) is 19.1. The van der Waals surface area contributed by atoms with Gasteiger partial charge in [-0.15, -0.1) is 0 Å². The Bertz CT molecular complexity index is 1380. The van der Waals surface area contributed by atoms with Gasteiger partial charge in [-0.3, -0.25) is 0 Å². The lowest BCUT2D eigenvalue weighted by molar-refractivity contribution is 0.0933. The van der Waals surface area contributed by atoms with Crippen LogP contribution >= 0.6 is 0 Å². The van der Waals surface area contributed by atoms with Gasteiger partial charge in [-0.2, -0.15) is 0 Å². The number of aryl methyl sites for hydroxylation is 2. The first kappa shape index (κ1) is 21.7. The molecule has 0 spiro atoms. The van der Waals surface area contributed by atoms with E-state index in [2.05, 4.69) is 23.7 Å². The molecule has 0 heterocycles. The van der Waals surface area contributed by atoms with Gasteiger partial charge in [-0.25, -0.2) is 0 Å². The van der Waals surface area contributed by atoms with Crippen LogP contribution in [-0.2, 0) is 11.2 Å². The number of hydrogen-bond donors (Lipinski definition) is 2. The molecule has 5 rings (SSSR count). The summed E-state index contributed by atoms with van der Waals surface area (Å²) in [6, 6.07) is 30.5. The fourth-order valence-corrected chi connectivity index (χ4v) is 4.75. The largest absolute Gasteiger partial charge is 0.369 e. The van der Waals surface area contributed by atoms with Crippen molar-refractivity contribution in [2.45, 2.75) is 25.0 Å². The normalized spacial score (nSPS) is 20.1. The van der Waals surface area contributed by atoms with Crippen LogP contribution in [0.15, 0.2) is 97.1 Å². The zero-order valence-electron chi connectivity index (χ0n) is 19.1. The van der Waals surface area contributed by atoms with E-state index in [1.165, 1.54) is 0 Å². The van der Waals surface area contributed by atoms with Crippen LogP contribution in [-0.4, -0.2) is 10.2 Å². The molecule has 0 amide bonds. The molecule has 2 N–H and O–H groups in total. The zero-order chi connectivity index (χ0) is 23.8. The number of fused-ring (bicyclic) bond motifs is 2. The van der Waals surface area contributed by atoms with E-state index in [1.807, 2.05) is 111 Å². The van der Waals surface area contributed by atoms with E-state index < -0.39 is 11.2 Å². The van der Waals surface area contributed by atoms with Gasteiger partial charge in [0.05, 0.1) is 0 Å². The van der Waals surface area contributed by atoms with Crippen LogP contribution in [0.4, 0.5) is 0 Å². The van der Waals surface area contributed by atoms with Crippen LogP contribution in [0.2, 0.25) is 0 Å². The molecule has 4 aromatic rings. The fraction of sp³-hybridized carbons (Fsp3) is 0.125. The van der Waals surface area contributed by atoms with Gasteiger partial charge in [0.2, 0.25) is 0 Å². The molecule has 2 atom stereocenters. The summed E-state index contributed by atoms with van der Waals surface area (Å²) in [5.74, 6) is 12.6. The molecule has 0 radical (unpaired) electrons. The van der Waals surface area contributed by atoms with E-state index in [0.717, 1.165) is 22.3 Å². The molecule has 34 heavy (non-hydrogen) atoms. The number of hydrogen-bond acceptors (Lipinski definition) is 2. The van der Waals surface area contributed by atoms with Gasteiger partial charge in [-0.1, -0.05) is 96.5 Å². The van der Waals surface area contributed by atoms with E-state index in [0.29, 0.717) is 22.3 Å². The average Bonchev–Trinajstić information content (AvgIpc) is 2.88. The van der Waals surface area contributed by atoms with E-state index in [4.69, 9.17) is 0 Å². The topological polar surface area (TPSA) is 40.5 Å². The van der Waals surface area contributed by atoms with E-state index in [1.54, 1.807) is 0 Å². The SMILES string of the molecule is Cc1ccc(C)c2c1[C@@](O)(C#Cc1ccccc1)c1ccccc1[C@@]2(O)C#Cc1ccccc1. The first-order chi connectivity index (χ1) is 16.4. The van der Waals surface area contributed by atoms with Crippen molar-refractivity contribution in [3.63, 3.8) is 0 Å². The summed E-state index contributed by atoms with van der Waals surface area (Å²) >= 11 is 0. The van der Waals surface area contributed by atoms with Crippen LogP contribution in [0.25, 0.3) is 0 Å². The molecule has 2 nitrogen and oxygen atoms in total. The molecule has 0 bridgehead atoms. The Morgan fingerprint density at radius 3 is 1.24 bits per heavy atom. The highest BCUT2D eigenvalue weighted by Crippen LogP contribution is 2.49. The minimum absolute atomic E-state index is 0.546. The van der Waals surface area contributed by atoms with Crippen molar-refractivity contribution in [3.05, 3.63) is 142 Å². The van der Waals surface area contributed by atoms with Gasteiger partial charge in [0.15, 0.2) is 11.2 Å². The summed E-state index contributed by atoms with van der Waals surface area (Å²) in [6.07, 6.45) is 0. The third-order valence-electron chi connectivity index (χ3n) is 6.38. The van der Waals surface area contributed by atoms with Crippen molar-refractivity contribution in [1.29, 1.82) is 0 Å². The van der Waals surface area contributed by atoms with Crippen molar-refractivity contribution in [1.82, 2.24) is 0 Å². The standard InChI is InChI=1S/C32H24O2/c1-23-17-18-24(2)30-29(23)31(33,21-19-25-11-5-3-6-12-25)27-15-9-10-16-28(27)32(30,34)22-20-26-13-7-4-8-14-26/h3-18,33-34H,1-2H3/t31-,32+. The second-order valence-electron chi connectivity index (χ2n) is 8.65. The first-order valence-electron chi connectivity index (χ1n) is 11.3. The maximum atomic E-state index is 12.2. The van der Waals surface area contributed by atoms with Crippen molar-refractivity contribution in [2.24, 2.45) is 0 Å². The molecular formula is C32H24O2. The highest BCUT2D eigenvalue weighted by Gasteiger charge is 2.49. The quantitative estimate of drug-likeness (QED) is 0.370. The van der Waals surface area contributed by atoms with Crippen LogP contribution in [0.5, 0.6) is 0 Å². The van der Waals surface area contributed by atoms with E-state index >= 15 is 0 Å². The van der Waals surface area contributed by atoms with Gasteiger partial charge in [0.25, 0.3) is 0 Å². The van der Waals surface area contributed by atoms with Crippen LogP contribution in [0, 0.1) is 37.5 Å². The number of rotatable bonds is 0. The minimum atomic E-state index is -1.60. The Morgan fingerprint density at radius 1 is 0.500 bits per heavy atom. The van der Waals surface area contributed by atoms with Gasteiger partial charge in [0, 0.05) is 33.4 Å². The van der Waals surface area contributed by atoms with Gasteiger partial charge in [0.1, 0.15) is 0 Å². The lowest BCUT2D eigenvalue weighted by Gasteiger charge is -2.41. The second kappa shape index (κ2) is 8.36. The molecule has 1 aliphatic rings. The first-order valence-corrected chi connectivity index (χ1v) is 11.3. The number of aliphatic hydroxyl groups is 2. The minimum Gasteiger partial charge on any atom is -0.369 e. The Kier molecular flexibility index (Phi) is 5.35. The van der Waals surface area contributed by atoms with E-state index in [-0.39, 0.29) is 0 Å². The predicted molar refractivity (Wildman–Crippen MR) is 135 cm³/mol. The third kappa shape index (κ3) is 3.51. The Hall–Kier alpha value is -4.08. The molecule has 4 aromatic carbocycles. The van der Waals surface area contributed by atoms with Crippen LogP contribution in [0.3, 0.4) is 0 Å². The highest BCUT2D eigenvalue weighted by atomic mass is 16.3. The van der Waals surface area contributed by atoms with Crippen molar-refractivity contribution in [3.8, 4) is 23.7 Å².